The molecule has 1 saturated carbocycles. The van der Waals surface area contributed by atoms with E-state index in [1.54, 1.807) is 17.0 Å². The summed E-state index contributed by atoms with van der Waals surface area (Å²) in [5.41, 5.74) is 0. The summed E-state index contributed by atoms with van der Waals surface area (Å²) in [6.07, 6.45) is 9.22. The van der Waals surface area contributed by atoms with E-state index in [1.807, 2.05) is 12.1 Å². The van der Waals surface area contributed by atoms with E-state index in [-0.39, 0.29) is 11.8 Å². The monoisotopic (exact) mass is 314 g/mol. The Morgan fingerprint density at radius 3 is 2.61 bits per heavy atom. The zero-order valence-corrected chi connectivity index (χ0v) is 13.7. The van der Waals surface area contributed by atoms with E-state index < -0.39 is 0 Å². The third kappa shape index (κ3) is 4.43. The number of nitrogens with zero attached hydrogens (tertiary/aromatic N) is 3. The Balaban J connectivity index is 1.36. The van der Waals surface area contributed by atoms with Crippen LogP contribution in [0.5, 0.6) is 0 Å². The van der Waals surface area contributed by atoms with Crippen LogP contribution in [-0.4, -0.2) is 47.6 Å². The third-order valence-electron chi connectivity index (χ3n) is 5.26. The smallest absolute Gasteiger partial charge is 0.244 e. The predicted molar refractivity (Wildman–Crippen MR) is 89.0 cm³/mol. The minimum absolute atomic E-state index is 0.108. The molecule has 0 aromatic carbocycles. The van der Waals surface area contributed by atoms with Crippen molar-refractivity contribution in [3.63, 3.8) is 0 Å². The molecule has 1 aromatic heterocycles. The van der Waals surface area contributed by atoms with Crippen LogP contribution >= 0.6 is 0 Å². The highest BCUT2D eigenvalue weighted by Gasteiger charge is 2.28. The van der Waals surface area contributed by atoms with Crippen LogP contribution in [0.2, 0.25) is 0 Å². The molecule has 2 fully saturated rings. The molecule has 2 heterocycles. The number of piperidine rings is 1. The Morgan fingerprint density at radius 2 is 1.91 bits per heavy atom. The highest BCUT2D eigenvalue weighted by molar-refractivity contribution is 5.80. The zero-order chi connectivity index (χ0) is 16.1. The summed E-state index contributed by atoms with van der Waals surface area (Å²) in [4.78, 5) is 14.5. The summed E-state index contributed by atoms with van der Waals surface area (Å²) < 4.78 is 1.64. The Labute approximate surface area is 138 Å². The molecule has 1 saturated heterocycles. The van der Waals surface area contributed by atoms with Gasteiger partial charge >= 0.3 is 0 Å². The summed E-state index contributed by atoms with van der Waals surface area (Å²) in [6.45, 7) is 3.71. The van der Waals surface area contributed by atoms with E-state index >= 15 is 0 Å². The lowest BCUT2D eigenvalue weighted by molar-refractivity contribution is 0.0908. The first-order valence-electron chi connectivity index (χ1n) is 8.76. The van der Waals surface area contributed by atoms with Crippen LogP contribution in [0.1, 0.15) is 36.9 Å². The number of nitriles is 1. The van der Waals surface area contributed by atoms with Crippen LogP contribution in [0, 0.1) is 23.2 Å². The van der Waals surface area contributed by atoms with Crippen molar-refractivity contribution in [3.8, 4) is 6.07 Å². The van der Waals surface area contributed by atoms with Gasteiger partial charge in [-0.3, -0.25) is 9.36 Å². The summed E-state index contributed by atoms with van der Waals surface area (Å²) in [7, 11) is 0. The molecular weight excluding hydrogens is 288 g/mol. The Morgan fingerprint density at radius 1 is 1.17 bits per heavy atom. The lowest BCUT2D eigenvalue weighted by atomic mass is 9.97. The fraction of sp³-hybridized carbons (Fsp3) is 0.667. The second-order valence-electron chi connectivity index (χ2n) is 6.94. The molecule has 2 atom stereocenters. The van der Waals surface area contributed by atoms with E-state index in [0.29, 0.717) is 12.6 Å². The first kappa shape index (κ1) is 16.2. The Bertz CT molecular complexity index is 540. The molecule has 5 nitrogen and oxygen atoms in total. The minimum Gasteiger partial charge on any atom is -0.306 e. The topological polar surface area (TPSA) is 61.1 Å². The van der Waals surface area contributed by atoms with E-state index in [4.69, 9.17) is 5.26 Å². The summed E-state index contributed by atoms with van der Waals surface area (Å²) in [5, 5.41) is 12.4. The molecule has 0 spiro atoms. The number of hydrogen-bond acceptors (Lipinski definition) is 4. The molecule has 1 aromatic rings. The van der Waals surface area contributed by atoms with Gasteiger partial charge in [0.2, 0.25) is 5.91 Å². The van der Waals surface area contributed by atoms with Crippen LogP contribution in [0.4, 0.5) is 0 Å². The van der Waals surface area contributed by atoms with Gasteiger partial charge in [-0.25, -0.2) is 0 Å². The van der Waals surface area contributed by atoms with E-state index in [9.17, 15) is 4.79 Å². The van der Waals surface area contributed by atoms with Crippen LogP contribution in [0.15, 0.2) is 24.5 Å². The molecule has 3 rings (SSSR count). The largest absolute Gasteiger partial charge is 0.306 e. The van der Waals surface area contributed by atoms with Crippen molar-refractivity contribution in [1.29, 1.82) is 5.26 Å². The van der Waals surface area contributed by atoms with Crippen molar-refractivity contribution in [2.75, 3.05) is 26.2 Å². The molecule has 0 bridgehead atoms. The van der Waals surface area contributed by atoms with Crippen molar-refractivity contribution < 1.29 is 4.79 Å². The molecular formula is C18H26N4O. The fourth-order valence-electron chi connectivity index (χ4n) is 3.86. The second-order valence-corrected chi connectivity index (χ2v) is 6.94. The van der Waals surface area contributed by atoms with Crippen molar-refractivity contribution in [3.05, 3.63) is 24.5 Å². The van der Waals surface area contributed by atoms with Gasteiger partial charge in [0.1, 0.15) is 0 Å². The predicted octanol–water partition coefficient (Wildman–Crippen LogP) is 2.12. The molecule has 1 aliphatic carbocycles. The Hall–Kier alpha value is -1.64. The average Bonchev–Trinajstić information content (AvgIpc) is 3.25. The number of nitrogens with one attached hydrogen (secondary N) is 1. The van der Waals surface area contributed by atoms with E-state index in [0.717, 1.165) is 51.2 Å². The summed E-state index contributed by atoms with van der Waals surface area (Å²) in [6, 6.07) is 6.61. The number of rotatable bonds is 5. The SMILES string of the molecule is N#CC1CCN(C[C@H]2CC[C@H](NCC(=O)n3cccc3)C2)CC1. The van der Waals surface area contributed by atoms with Crippen LogP contribution in [0.3, 0.4) is 0 Å². The maximum Gasteiger partial charge on any atom is 0.244 e. The highest BCUT2D eigenvalue weighted by Crippen LogP contribution is 2.28. The molecule has 2 aliphatic rings. The van der Waals surface area contributed by atoms with Crippen molar-refractivity contribution in [1.82, 2.24) is 14.8 Å². The molecule has 5 heteroatoms. The lowest BCUT2D eigenvalue weighted by Gasteiger charge is -2.31. The Kier molecular flexibility index (Phi) is 5.47. The van der Waals surface area contributed by atoms with Crippen molar-refractivity contribution in [2.24, 2.45) is 11.8 Å². The van der Waals surface area contributed by atoms with Crippen LogP contribution in [0.25, 0.3) is 0 Å². The van der Waals surface area contributed by atoms with Crippen molar-refractivity contribution >= 4 is 5.91 Å². The number of carbonyl (C=O) groups excluding carboxylic acids is 1. The number of aromatic nitrogens is 1. The fourth-order valence-corrected chi connectivity index (χ4v) is 3.86. The standard InChI is InChI=1S/C18H26N4O/c19-12-15-5-9-21(10-6-15)14-16-3-4-17(11-16)20-13-18(23)22-7-1-2-8-22/h1-2,7-8,15-17,20H,3-6,9-11,13-14H2/t16-,17-/m0/s1. The molecule has 1 N–H and O–H groups in total. The quantitative estimate of drug-likeness (QED) is 0.904. The lowest BCUT2D eigenvalue weighted by Crippen LogP contribution is -2.37. The van der Waals surface area contributed by atoms with Gasteiger partial charge in [0, 0.05) is 30.9 Å². The maximum atomic E-state index is 12.0. The maximum absolute atomic E-state index is 12.0. The zero-order valence-electron chi connectivity index (χ0n) is 13.7. The average molecular weight is 314 g/mol. The van der Waals surface area contributed by atoms with Crippen LogP contribution in [-0.2, 0) is 0 Å². The van der Waals surface area contributed by atoms with Gasteiger partial charge in [-0.1, -0.05) is 0 Å². The van der Waals surface area contributed by atoms with Gasteiger partial charge in [0.15, 0.2) is 0 Å². The van der Waals surface area contributed by atoms with Gasteiger partial charge in [-0.05, 0) is 63.2 Å². The van der Waals surface area contributed by atoms with Gasteiger partial charge in [-0.15, -0.1) is 0 Å². The summed E-state index contributed by atoms with van der Waals surface area (Å²) >= 11 is 0. The normalized spacial score (nSPS) is 26.2. The number of likely N-dealkylation sites (tertiary alicyclic amines) is 1. The molecule has 23 heavy (non-hydrogen) atoms. The van der Waals surface area contributed by atoms with Gasteiger partial charge < -0.3 is 10.2 Å². The second kappa shape index (κ2) is 7.76. The van der Waals surface area contributed by atoms with Gasteiger partial charge in [0.05, 0.1) is 12.6 Å². The first-order chi connectivity index (χ1) is 11.2. The van der Waals surface area contributed by atoms with Gasteiger partial charge in [-0.2, -0.15) is 5.26 Å². The van der Waals surface area contributed by atoms with Crippen LogP contribution < -0.4 is 5.32 Å². The third-order valence-corrected chi connectivity index (χ3v) is 5.26. The molecule has 124 valence electrons. The first-order valence-corrected chi connectivity index (χ1v) is 8.76. The molecule has 0 unspecified atom stereocenters. The minimum atomic E-state index is 0.108. The number of carbonyl (C=O) groups is 1. The summed E-state index contributed by atoms with van der Waals surface area (Å²) in [5.74, 6) is 1.11. The van der Waals surface area contributed by atoms with E-state index in [2.05, 4.69) is 16.3 Å². The van der Waals surface area contributed by atoms with Crippen molar-refractivity contribution in [2.45, 2.75) is 38.1 Å². The molecule has 0 amide bonds. The molecule has 0 radical (unpaired) electrons. The highest BCUT2D eigenvalue weighted by atomic mass is 16.2. The van der Waals surface area contributed by atoms with E-state index in [1.165, 1.54) is 6.42 Å². The molecule has 1 aliphatic heterocycles. The van der Waals surface area contributed by atoms with Gasteiger partial charge in [0.25, 0.3) is 0 Å². The number of hydrogen-bond donors (Lipinski definition) is 1.